The highest BCUT2D eigenvalue weighted by atomic mass is 15.1. The van der Waals surface area contributed by atoms with E-state index in [0.29, 0.717) is 23.9 Å². The van der Waals surface area contributed by atoms with Crippen molar-refractivity contribution in [3.63, 3.8) is 0 Å². The van der Waals surface area contributed by atoms with Crippen molar-refractivity contribution in [3.8, 4) is 6.07 Å². The van der Waals surface area contributed by atoms with Crippen molar-refractivity contribution in [3.05, 3.63) is 41.7 Å². The molecule has 1 aromatic heterocycles. The van der Waals surface area contributed by atoms with E-state index < -0.39 is 0 Å². The van der Waals surface area contributed by atoms with Crippen LogP contribution in [0.1, 0.15) is 30.1 Å². The lowest BCUT2D eigenvalue weighted by Crippen LogP contribution is -2.27. The van der Waals surface area contributed by atoms with Crippen LogP contribution in [0.15, 0.2) is 30.5 Å². The fraction of sp³-hybridized carbons (Fsp3) is 0.400. The van der Waals surface area contributed by atoms with Gasteiger partial charge in [0.05, 0.1) is 11.6 Å². The summed E-state index contributed by atoms with van der Waals surface area (Å²) in [5.74, 6) is 1.29. The second-order valence-electron chi connectivity index (χ2n) is 5.43. The van der Waals surface area contributed by atoms with Gasteiger partial charge in [-0.1, -0.05) is 18.2 Å². The molecule has 4 unspecified atom stereocenters. The van der Waals surface area contributed by atoms with E-state index in [2.05, 4.69) is 40.4 Å². The average molecular weight is 237 g/mol. The molecular formula is C15H15N3. The maximum Gasteiger partial charge on any atom is 0.101 e. The Bertz CT molecular complexity index is 587. The maximum absolute atomic E-state index is 9.01. The molecule has 3 nitrogen and oxygen atoms in total. The number of allylic oxidation sites excluding steroid dienone is 1. The molecule has 3 aliphatic rings. The summed E-state index contributed by atoms with van der Waals surface area (Å²) < 4.78 is 2.09. The minimum atomic E-state index is 0.370. The molecule has 3 heterocycles. The van der Waals surface area contributed by atoms with Crippen molar-refractivity contribution in [2.75, 3.05) is 0 Å². The Kier molecular flexibility index (Phi) is 2.03. The second kappa shape index (κ2) is 3.60. The van der Waals surface area contributed by atoms with Gasteiger partial charge in [0.2, 0.25) is 0 Å². The van der Waals surface area contributed by atoms with Crippen LogP contribution >= 0.6 is 0 Å². The molecule has 4 atom stereocenters. The van der Waals surface area contributed by atoms with Gasteiger partial charge in [-0.05, 0) is 24.8 Å². The van der Waals surface area contributed by atoms with E-state index in [4.69, 9.17) is 5.26 Å². The summed E-state index contributed by atoms with van der Waals surface area (Å²) in [7, 11) is 0. The smallest absolute Gasteiger partial charge is 0.101 e. The highest BCUT2D eigenvalue weighted by Gasteiger charge is 2.43. The molecule has 4 rings (SSSR count). The van der Waals surface area contributed by atoms with E-state index in [0.717, 1.165) is 5.56 Å². The van der Waals surface area contributed by atoms with Gasteiger partial charge in [-0.3, -0.25) is 0 Å². The van der Waals surface area contributed by atoms with Crippen LogP contribution in [0.4, 0.5) is 0 Å². The molecule has 90 valence electrons. The molecule has 2 aliphatic heterocycles. The van der Waals surface area contributed by atoms with Crippen LogP contribution in [0.25, 0.3) is 6.20 Å². The lowest BCUT2D eigenvalue weighted by atomic mass is 9.80. The number of nitrogens with one attached hydrogen (secondary N) is 1. The predicted octanol–water partition coefficient (Wildman–Crippen LogP) is 2.44. The molecular weight excluding hydrogens is 222 g/mol. The minimum absolute atomic E-state index is 0.370. The molecule has 3 heteroatoms. The molecule has 0 saturated carbocycles. The number of aromatic nitrogens is 1. The molecule has 1 N–H and O–H groups in total. The van der Waals surface area contributed by atoms with Crippen molar-refractivity contribution in [2.45, 2.75) is 24.9 Å². The third-order valence-electron chi connectivity index (χ3n) is 4.52. The quantitative estimate of drug-likeness (QED) is 0.704. The molecule has 1 saturated heterocycles. The van der Waals surface area contributed by atoms with Gasteiger partial charge in [0.25, 0.3) is 0 Å². The summed E-state index contributed by atoms with van der Waals surface area (Å²) in [4.78, 5) is 0. The number of nitriles is 1. The summed E-state index contributed by atoms with van der Waals surface area (Å²) >= 11 is 0. The van der Waals surface area contributed by atoms with Crippen molar-refractivity contribution >= 4 is 6.20 Å². The Morgan fingerprint density at radius 1 is 1.39 bits per heavy atom. The average Bonchev–Trinajstić information content (AvgIpc) is 2.98. The van der Waals surface area contributed by atoms with Gasteiger partial charge in [0, 0.05) is 30.1 Å². The molecule has 0 radical (unpaired) electrons. The van der Waals surface area contributed by atoms with Crippen molar-refractivity contribution in [2.24, 2.45) is 11.8 Å². The van der Waals surface area contributed by atoms with Gasteiger partial charge in [-0.2, -0.15) is 5.26 Å². The molecule has 0 aromatic carbocycles. The van der Waals surface area contributed by atoms with Crippen LogP contribution in [0.2, 0.25) is 0 Å². The number of hydrogen-bond acceptors (Lipinski definition) is 2. The Morgan fingerprint density at radius 3 is 3.22 bits per heavy atom. The fourth-order valence-electron chi connectivity index (χ4n) is 3.70. The highest BCUT2D eigenvalue weighted by molar-refractivity contribution is 5.44. The second-order valence-corrected chi connectivity index (χ2v) is 5.43. The van der Waals surface area contributed by atoms with Crippen LogP contribution in [0, 0.1) is 23.2 Å². The lowest BCUT2D eigenvalue weighted by Gasteiger charge is -2.26. The van der Waals surface area contributed by atoms with E-state index in [9.17, 15) is 0 Å². The SMILES string of the molecule is N#Cc1cc2n(c1)C=CC1C2NC2C=CCCC21. The van der Waals surface area contributed by atoms with Crippen LogP contribution in [0.3, 0.4) is 0 Å². The van der Waals surface area contributed by atoms with Gasteiger partial charge >= 0.3 is 0 Å². The van der Waals surface area contributed by atoms with Crippen molar-refractivity contribution in [1.82, 2.24) is 9.88 Å². The van der Waals surface area contributed by atoms with Crippen molar-refractivity contribution in [1.29, 1.82) is 5.26 Å². The Morgan fingerprint density at radius 2 is 2.33 bits per heavy atom. The molecule has 1 aromatic rings. The molecule has 0 amide bonds. The largest absolute Gasteiger partial charge is 0.325 e. The monoisotopic (exact) mass is 237 g/mol. The topological polar surface area (TPSA) is 40.8 Å². The van der Waals surface area contributed by atoms with E-state index in [1.165, 1.54) is 18.5 Å². The van der Waals surface area contributed by atoms with E-state index >= 15 is 0 Å². The zero-order valence-corrected chi connectivity index (χ0v) is 10.1. The molecule has 0 spiro atoms. The fourth-order valence-corrected chi connectivity index (χ4v) is 3.70. The zero-order chi connectivity index (χ0) is 12.1. The van der Waals surface area contributed by atoms with Gasteiger partial charge in [-0.25, -0.2) is 0 Å². The predicted molar refractivity (Wildman–Crippen MR) is 69.5 cm³/mol. The van der Waals surface area contributed by atoms with Crippen LogP contribution in [0.5, 0.6) is 0 Å². The minimum Gasteiger partial charge on any atom is -0.325 e. The first-order valence-corrected chi connectivity index (χ1v) is 6.60. The van der Waals surface area contributed by atoms with Crippen molar-refractivity contribution < 1.29 is 0 Å². The summed E-state index contributed by atoms with van der Waals surface area (Å²) in [5, 5.41) is 12.7. The van der Waals surface area contributed by atoms with Crippen LogP contribution in [-0.4, -0.2) is 10.6 Å². The third kappa shape index (κ3) is 1.27. The molecule has 18 heavy (non-hydrogen) atoms. The van der Waals surface area contributed by atoms with Gasteiger partial charge in [-0.15, -0.1) is 0 Å². The van der Waals surface area contributed by atoms with Crippen LogP contribution in [-0.2, 0) is 0 Å². The van der Waals surface area contributed by atoms with E-state index in [-0.39, 0.29) is 0 Å². The number of rotatable bonds is 0. The molecule has 0 bridgehead atoms. The van der Waals surface area contributed by atoms with E-state index in [1.54, 1.807) is 0 Å². The first kappa shape index (κ1) is 10.2. The van der Waals surface area contributed by atoms with Gasteiger partial charge in [0.15, 0.2) is 0 Å². The zero-order valence-electron chi connectivity index (χ0n) is 10.1. The normalized spacial score (nSPS) is 35.7. The van der Waals surface area contributed by atoms with Crippen LogP contribution < -0.4 is 5.32 Å². The molecule has 1 aliphatic carbocycles. The third-order valence-corrected chi connectivity index (χ3v) is 4.52. The summed E-state index contributed by atoms with van der Waals surface area (Å²) in [6.45, 7) is 0. The number of fused-ring (bicyclic) bond motifs is 5. The first-order valence-electron chi connectivity index (χ1n) is 6.60. The van der Waals surface area contributed by atoms with E-state index in [1.807, 2.05) is 12.3 Å². The summed E-state index contributed by atoms with van der Waals surface area (Å²) in [6.07, 6.45) is 13.4. The molecule has 1 fully saturated rings. The van der Waals surface area contributed by atoms with Gasteiger partial charge < -0.3 is 9.88 Å². The standard InChI is InChI=1S/C15H15N3/c16-8-10-7-14-15-12(5-6-18(14)9-10)11-3-1-2-4-13(11)17-15/h2,4-7,9,11-13,15,17H,1,3H2. The lowest BCUT2D eigenvalue weighted by molar-refractivity contribution is 0.385. The summed E-state index contributed by atoms with van der Waals surface area (Å²) in [6, 6.07) is 5.13. The maximum atomic E-state index is 9.01. The Hall–Kier alpha value is -1.79. The Balaban J connectivity index is 1.77. The Labute approximate surface area is 106 Å². The number of nitrogens with zero attached hydrogens (tertiary/aromatic N) is 2. The summed E-state index contributed by atoms with van der Waals surface area (Å²) in [5.41, 5.74) is 1.99. The number of hydrogen-bond donors (Lipinski definition) is 1. The first-order chi connectivity index (χ1) is 8.86. The van der Waals surface area contributed by atoms with Gasteiger partial charge in [0.1, 0.15) is 6.07 Å². The highest BCUT2D eigenvalue weighted by Crippen LogP contribution is 2.44.